The molecule has 0 amide bonds. The van der Waals surface area contributed by atoms with E-state index in [1.165, 1.54) is 6.92 Å². The van der Waals surface area contributed by atoms with Crippen molar-refractivity contribution in [2.75, 3.05) is 0 Å². The normalized spacial score (nSPS) is 10.1. The molecule has 0 spiro atoms. The molecule has 0 saturated carbocycles. The van der Waals surface area contributed by atoms with Crippen LogP contribution in [0.25, 0.3) is 11.3 Å². The first-order chi connectivity index (χ1) is 11.2. The number of hydrogen-bond donors (Lipinski definition) is 0. The number of ether oxygens (including phenoxy) is 2. The van der Waals surface area contributed by atoms with E-state index in [4.69, 9.17) is 9.47 Å². The third-order valence-corrected chi connectivity index (χ3v) is 3.02. The fourth-order valence-corrected chi connectivity index (χ4v) is 1.99. The van der Waals surface area contributed by atoms with Crippen molar-refractivity contribution in [1.29, 1.82) is 0 Å². The predicted molar refractivity (Wildman–Crippen MR) is 85.3 cm³/mol. The summed E-state index contributed by atoms with van der Waals surface area (Å²) in [7, 11) is 0. The Morgan fingerprint density at radius 2 is 1.52 bits per heavy atom. The molecule has 0 N–H and O–H groups in total. The zero-order chi connectivity index (χ0) is 16.1. The maximum Gasteiger partial charge on any atom is 0.309 e. The molecule has 0 aliphatic carbocycles. The molecule has 5 nitrogen and oxygen atoms in total. The van der Waals surface area contributed by atoms with Crippen LogP contribution in [0.5, 0.6) is 17.4 Å². The van der Waals surface area contributed by atoms with Crippen LogP contribution in [0.3, 0.4) is 0 Å². The van der Waals surface area contributed by atoms with Gasteiger partial charge in [-0.25, -0.2) is 0 Å². The Morgan fingerprint density at radius 1 is 0.826 bits per heavy atom. The molecule has 0 radical (unpaired) electrons. The highest BCUT2D eigenvalue weighted by Crippen LogP contribution is 2.25. The van der Waals surface area contributed by atoms with Gasteiger partial charge in [0.25, 0.3) is 0 Å². The van der Waals surface area contributed by atoms with Gasteiger partial charge in [-0.1, -0.05) is 18.2 Å². The summed E-state index contributed by atoms with van der Waals surface area (Å²) >= 11 is 0. The van der Waals surface area contributed by atoms with Crippen LogP contribution in [-0.4, -0.2) is 16.2 Å². The zero-order valence-electron chi connectivity index (χ0n) is 12.5. The van der Waals surface area contributed by atoms with Crippen LogP contribution in [0.15, 0.2) is 66.7 Å². The summed E-state index contributed by atoms with van der Waals surface area (Å²) in [6, 6.07) is 20.5. The average Bonchev–Trinajstić information content (AvgIpc) is 2.57. The molecule has 0 fully saturated rings. The molecule has 23 heavy (non-hydrogen) atoms. The number of nitrogens with zero attached hydrogens (tertiary/aromatic N) is 2. The lowest BCUT2D eigenvalue weighted by molar-refractivity contribution is -0.132. The predicted octanol–water partition coefficient (Wildman–Crippen LogP) is 3.86. The second-order valence-electron chi connectivity index (χ2n) is 4.79. The van der Waals surface area contributed by atoms with Crippen molar-refractivity contribution in [1.82, 2.24) is 10.2 Å². The van der Waals surface area contributed by atoms with Crippen LogP contribution in [0.2, 0.25) is 0 Å². The molecule has 0 unspecified atom stereocenters. The van der Waals surface area contributed by atoms with Crippen molar-refractivity contribution in [3.05, 3.63) is 66.7 Å². The quantitative estimate of drug-likeness (QED) is 0.685. The third-order valence-electron chi connectivity index (χ3n) is 3.02. The van der Waals surface area contributed by atoms with Gasteiger partial charge in [-0.05, 0) is 42.5 Å². The van der Waals surface area contributed by atoms with Crippen molar-refractivity contribution in [2.24, 2.45) is 0 Å². The Hall–Kier alpha value is -3.21. The van der Waals surface area contributed by atoms with Gasteiger partial charge in [0.1, 0.15) is 11.5 Å². The van der Waals surface area contributed by atoms with Crippen LogP contribution >= 0.6 is 0 Å². The Kier molecular flexibility index (Phi) is 4.29. The molecule has 0 bridgehead atoms. The lowest BCUT2D eigenvalue weighted by Crippen LogP contribution is -2.03. The molecule has 0 atom stereocenters. The molecule has 0 aliphatic heterocycles. The largest absolute Gasteiger partial charge is 0.457 e. The average molecular weight is 306 g/mol. The van der Waals surface area contributed by atoms with E-state index in [1.807, 2.05) is 54.6 Å². The molecule has 0 saturated heterocycles. The minimum absolute atomic E-state index is 0.185. The van der Waals surface area contributed by atoms with Gasteiger partial charge in [-0.15, -0.1) is 10.2 Å². The van der Waals surface area contributed by atoms with Crippen molar-refractivity contribution in [2.45, 2.75) is 6.92 Å². The Labute approximate surface area is 133 Å². The second-order valence-corrected chi connectivity index (χ2v) is 4.79. The Balaban J connectivity index is 1.73. The van der Waals surface area contributed by atoms with E-state index < -0.39 is 5.97 Å². The van der Waals surface area contributed by atoms with Crippen molar-refractivity contribution in [3.8, 4) is 28.6 Å². The van der Waals surface area contributed by atoms with Gasteiger partial charge in [-0.3, -0.25) is 4.79 Å². The molecular weight excluding hydrogens is 292 g/mol. The molecular formula is C18H14N2O3. The smallest absolute Gasteiger partial charge is 0.309 e. The van der Waals surface area contributed by atoms with Gasteiger partial charge in [0.05, 0.1) is 5.69 Å². The van der Waals surface area contributed by atoms with Gasteiger partial charge >= 0.3 is 5.97 Å². The van der Waals surface area contributed by atoms with Crippen LogP contribution in [0, 0.1) is 0 Å². The molecule has 1 heterocycles. The summed E-state index contributed by atoms with van der Waals surface area (Å²) in [5, 5.41) is 7.91. The summed E-state index contributed by atoms with van der Waals surface area (Å²) in [6.45, 7) is 1.32. The first-order valence-corrected chi connectivity index (χ1v) is 7.06. The highest BCUT2D eigenvalue weighted by Gasteiger charge is 2.04. The molecule has 0 aliphatic rings. The first-order valence-electron chi connectivity index (χ1n) is 7.06. The second kappa shape index (κ2) is 6.70. The summed E-state index contributed by atoms with van der Waals surface area (Å²) in [5.74, 6) is 1.29. The molecule has 3 rings (SSSR count). The van der Waals surface area contributed by atoms with Gasteiger partial charge in [0.15, 0.2) is 0 Å². The fraction of sp³-hybridized carbons (Fsp3) is 0.0556. The van der Waals surface area contributed by atoms with Gasteiger partial charge in [0.2, 0.25) is 5.88 Å². The summed E-state index contributed by atoms with van der Waals surface area (Å²) < 4.78 is 10.6. The number of para-hydroxylation sites is 1. The topological polar surface area (TPSA) is 61.3 Å². The van der Waals surface area contributed by atoms with E-state index in [-0.39, 0.29) is 5.88 Å². The van der Waals surface area contributed by atoms with Gasteiger partial charge < -0.3 is 9.47 Å². The molecule has 2 aromatic carbocycles. The van der Waals surface area contributed by atoms with Crippen LogP contribution in [0.1, 0.15) is 6.92 Å². The van der Waals surface area contributed by atoms with Crippen molar-refractivity contribution in [3.63, 3.8) is 0 Å². The molecule has 5 heteroatoms. The molecule has 114 valence electrons. The zero-order valence-corrected chi connectivity index (χ0v) is 12.5. The van der Waals surface area contributed by atoms with Crippen LogP contribution in [0.4, 0.5) is 0 Å². The maximum atomic E-state index is 10.9. The van der Waals surface area contributed by atoms with E-state index in [2.05, 4.69) is 10.2 Å². The minimum atomic E-state index is -0.422. The first kappa shape index (κ1) is 14.7. The van der Waals surface area contributed by atoms with E-state index >= 15 is 0 Å². The SMILES string of the molecule is CC(=O)Oc1ccc(-c2ccc(Oc3ccccc3)cc2)nn1. The Morgan fingerprint density at radius 3 is 2.13 bits per heavy atom. The van der Waals surface area contributed by atoms with Crippen LogP contribution < -0.4 is 9.47 Å². The fourth-order valence-electron chi connectivity index (χ4n) is 1.99. The number of aromatic nitrogens is 2. The monoisotopic (exact) mass is 306 g/mol. The van der Waals surface area contributed by atoms with E-state index in [9.17, 15) is 4.79 Å². The lowest BCUT2D eigenvalue weighted by atomic mass is 10.1. The number of esters is 1. The van der Waals surface area contributed by atoms with Gasteiger partial charge in [-0.2, -0.15) is 0 Å². The molecule has 3 aromatic rings. The minimum Gasteiger partial charge on any atom is -0.457 e. The number of carbonyl (C=O) groups is 1. The summed E-state index contributed by atoms with van der Waals surface area (Å²) in [6.07, 6.45) is 0. The Bertz CT molecular complexity index is 785. The summed E-state index contributed by atoms with van der Waals surface area (Å²) in [4.78, 5) is 10.9. The summed E-state index contributed by atoms with van der Waals surface area (Å²) in [5.41, 5.74) is 1.58. The van der Waals surface area contributed by atoms with E-state index in [0.29, 0.717) is 5.69 Å². The number of hydrogen-bond acceptors (Lipinski definition) is 5. The molecule has 1 aromatic heterocycles. The van der Waals surface area contributed by atoms with Crippen molar-refractivity contribution < 1.29 is 14.3 Å². The highest BCUT2D eigenvalue weighted by molar-refractivity contribution is 5.69. The number of rotatable bonds is 4. The van der Waals surface area contributed by atoms with Gasteiger partial charge in [0, 0.05) is 18.6 Å². The lowest BCUT2D eigenvalue weighted by Gasteiger charge is -2.06. The number of carbonyl (C=O) groups excluding carboxylic acids is 1. The highest BCUT2D eigenvalue weighted by atomic mass is 16.5. The maximum absolute atomic E-state index is 10.9. The van der Waals surface area contributed by atoms with Crippen LogP contribution in [-0.2, 0) is 4.79 Å². The third kappa shape index (κ3) is 3.91. The van der Waals surface area contributed by atoms with Crippen molar-refractivity contribution >= 4 is 5.97 Å². The van der Waals surface area contributed by atoms with E-state index in [0.717, 1.165) is 17.1 Å². The standard InChI is InChI=1S/C18H14N2O3/c1-13(21)22-18-12-11-17(19-20-18)14-7-9-16(10-8-14)23-15-5-3-2-4-6-15/h2-12H,1H3. The van der Waals surface area contributed by atoms with E-state index in [1.54, 1.807) is 12.1 Å². The number of benzene rings is 2.